The molecule has 0 bridgehead atoms. The third-order valence-electron chi connectivity index (χ3n) is 5.34. The smallest absolute Gasteiger partial charge is 0.254 e. The molecule has 0 N–H and O–H groups in total. The lowest BCUT2D eigenvalue weighted by Gasteiger charge is -2.33. The quantitative estimate of drug-likeness (QED) is 0.832. The summed E-state index contributed by atoms with van der Waals surface area (Å²) in [6, 6.07) is 8.10. The molecule has 0 radical (unpaired) electrons. The Hall–Kier alpha value is -2.41. The summed E-state index contributed by atoms with van der Waals surface area (Å²) in [6.07, 6.45) is 0. The lowest BCUT2D eigenvalue weighted by molar-refractivity contribution is 0.0679. The Morgan fingerprint density at radius 1 is 1.15 bits per heavy atom. The Balaban J connectivity index is 1.49. The molecule has 7 heteroatoms. The van der Waals surface area contributed by atoms with Crippen LogP contribution in [0.25, 0.3) is 0 Å². The zero-order valence-corrected chi connectivity index (χ0v) is 16.3. The van der Waals surface area contributed by atoms with Crippen molar-refractivity contribution >= 4 is 11.6 Å². The van der Waals surface area contributed by atoms with E-state index in [1.54, 1.807) is 0 Å². The number of morpholine rings is 1. The molecule has 1 aromatic carbocycles. The SMILES string of the molecule is CC(C)c1nnc2n1[C@@H](C)CN(C(=O)c1ccc(N3CCOCC3)cc1)C2. The number of carbonyl (C=O) groups is 1. The molecule has 1 aromatic heterocycles. The second kappa shape index (κ2) is 7.31. The average molecular weight is 369 g/mol. The maximum atomic E-state index is 13.0. The van der Waals surface area contributed by atoms with Gasteiger partial charge in [0.1, 0.15) is 5.82 Å². The van der Waals surface area contributed by atoms with E-state index < -0.39 is 0 Å². The second-order valence-corrected chi connectivity index (χ2v) is 7.68. The van der Waals surface area contributed by atoms with Gasteiger partial charge in [-0.25, -0.2) is 0 Å². The van der Waals surface area contributed by atoms with Gasteiger partial charge in [-0.05, 0) is 31.2 Å². The van der Waals surface area contributed by atoms with Gasteiger partial charge in [0, 0.05) is 36.8 Å². The van der Waals surface area contributed by atoms with Crippen LogP contribution in [0.2, 0.25) is 0 Å². The summed E-state index contributed by atoms with van der Waals surface area (Å²) in [7, 11) is 0. The van der Waals surface area contributed by atoms with E-state index in [0.29, 0.717) is 19.0 Å². The highest BCUT2D eigenvalue weighted by molar-refractivity contribution is 5.94. The average Bonchev–Trinajstić information content (AvgIpc) is 3.13. The van der Waals surface area contributed by atoms with Crippen molar-refractivity contribution in [2.75, 3.05) is 37.7 Å². The van der Waals surface area contributed by atoms with Crippen molar-refractivity contribution in [2.24, 2.45) is 0 Å². The number of anilines is 1. The van der Waals surface area contributed by atoms with E-state index in [-0.39, 0.29) is 11.9 Å². The normalized spacial score (nSPS) is 20.1. The van der Waals surface area contributed by atoms with E-state index in [1.165, 1.54) is 0 Å². The molecule has 3 heterocycles. The van der Waals surface area contributed by atoms with Crippen molar-refractivity contribution in [3.63, 3.8) is 0 Å². The first kappa shape index (κ1) is 18.0. The number of ether oxygens (including phenoxy) is 1. The van der Waals surface area contributed by atoms with Crippen LogP contribution in [0.15, 0.2) is 24.3 Å². The zero-order chi connectivity index (χ0) is 19.0. The summed E-state index contributed by atoms with van der Waals surface area (Å²) in [4.78, 5) is 17.2. The molecule has 4 rings (SSSR count). The number of hydrogen-bond acceptors (Lipinski definition) is 5. The maximum absolute atomic E-state index is 13.0. The summed E-state index contributed by atoms with van der Waals surface area (Å²) in [5, 5.41) is 8.67. The van der Waals surface area contributed by atoms with Crippen molar-refractivity contribution in [1.29, 1.82) is 0 Å². The molecule has 1 atom stereocenters. The minimum absolute atomic E-state index is 0.0516. The van der Waals surface area contributed by atoms with E-state index >= 15 is 0 Å². The molecule has 1 amide bonds. The molecular formula is C20H27N5O2. The van der Waals surface area contributed by atoms with Crippen LogP contribution in [0.3, 0.4) is 0 Å². The fraction of sp³-hybridized carbons (Fsp3) is 0.550. The molecule has 27 heavy (non-hydrogen) atoms. The lowest BCUT2D eigenvalue weighted by atomic mass is 10.1. The van der Waals surface area contributed by atoms with Gasteiger partial charge in [0.15, 0.2) is 5.82 Å². The molecule has 7 nitrogen and oxygen atoms in total. The van der Waals surface area contributed by atoms with Gasteiger partial charge < -0.3 is 19.1 Å². The van der Waals surface area contributed by atoms with E-state index in [4.69, 9.17) is 4.74 Å². The number of amides is 1. The number of benzene rings is 1. The number of carbonyl (C=O) groups excluding carboxylic acids is 1. The van der Waals surface area contributed by atoms with Gasteiger partial charge in [-0.2, -0.15) is 0 Å². The number of aromatic nitrogens is 3. The summed E-state index contributed by atoms with van der Waals surface area (Å²) in [5.74, 6) is 2.25. The molecular weight excluding hydrogens is 342 g/mol. The van der Waals surface area contributed by atoms with Crippen molar-refractivity contribution in [2.45, 2.75) is 39.3 Å². The molecule has 0 saturated carbocycles. The first-order valence-corrected chi connectivity index (χ1v) is 9.70. The van der Waals surface area contributed by atoms with Gasteiger partial charge >= 0.3 is 0 Å². The van der Waals surface area contributed by atoms with Crippen LogP contribution in [0.1, 0.15) is 54.7 Å². The van der Waals surface area contributed by atoms with Gasteiger partial charge in [0.05, 0.1) is 25.8 Å². The highest BCUT2D eigenvalue weighted by Gasteiger charge is 2.30. The third-order valence-corrected chi connectivity index (χ3v) is 5.34. The van der Waals surface area contributed by atoms with Crippen LogP contribution >= 0.6 is 0 Å². The lowest BCUT2D eigenvalue weighted by Crippen LogP contribution is -2.41. The second-order valence-electron chi connectivity index (χ2n) is 7.68. The molecule has 2 aliphatic heterocycles. The maximum Gasteiger partial charge on any atom is 0.254 e. The van der Waals surface area contributed by atoms with Crippen LogP contribution in [0, 0.1) is 0 Å². The van der Waals surface area contributed by atoms with Gasteiger partial charge in [-0.15, -0.1) is 10.2 Å². The topological polar surface area (TPSA) is 63.5 Å². The monoisotopic (exact) mass is 369 g/mol. The van der Waals surface area contributed by atoms with Gasteiger partial charge in [-0.1, -0.05) is 13.8 Å². The Kier molecular flexibility index (Phi) is 4.86. The number of hydrogen-bond donors (Lipinski definition) is 0. The highest BCUT2D eigenvalue weighted by atomic mass is 16.5. The Labute approximate surface area is 159 Å². The number of fused-ring (bicyclic) bond motifs is 1. The van der Waals surface area contributed by atoms with Crippen LogP contribution in [-0.4, -0.2) is 58.4 Å². The van der Waals surface area contributed by atoms with E-state index in [2.05, 4.69) is 40.4 Å². The largest absolute Gasteiger partial charge is 0.378 e. The van der Waals surface area contributed by atoms with Crippen LogP contribution in [0.4, 0.5) is 5.69 Å². The third kappa shape index (κ3) is 3.43. The predicted octanol–water partition coefficient (Wildman–Crippen LogP) is 2.46. The minimum atomic E-state index is 0.0516. The van der Waals surface area contributed by atoms with E-state index in [0.717, 1.165) is 49.2 Å². The standard InChI is InChI=1S/C20H27N5O2/c1-14(2)19-22-21-18-13-24(12-15(3)25(18)19)20(26)16-4-6-17(7-5-16)23-8-10-27-11-9-23/h4-7,14-15H,8-13H2,1-3H3/t15-/m0/s1. The molecule has 0 aliphatic carbocycles. The van der Waals surface area contributed by atoms with Gasteiger partial charge in [0.25, 0.3) is 5.91 Å². The Morgan fingerprint density at radius 2 is 1.85 bits per heavy atom. The molecule has 2 aliphatic rings. The first-order chi connectivity index (χ1) is 13.0. The Bertz CT molecular complexity index is 808. The first-order valence-electron chi connectivity index (χ1n) is 9.70. The summed E-state index contributed by atoms with van der Waals surface area (Å²) >= 11 is 0. The van der Waals surface area contributed by atoms with E-state index in [9.17, 15) is 4.79 Å². The van der Waals surface area contributed by atoms with Crippen LogP contribution < -0.4 is 4.90 Å². The van der Waals surface area contributed by atoms with Gasteiger partial charge in [0.2, 0.25) is 0 Å². The highest BCUT2D eigenvalue weighted by Crippen LogP contribution is 2.26. The van der Waals surface area contributed by atoms with Crippen molar-refractivity contribution in [3.8, 4) is 0 Å². The van der Waals surface area contributed by atoms with Crippen LogP contribution in [-0.2, 0) is 11.3 Å². The molecule has 1 fully saturated rings. The fourth-order valence-electron chi connectivity index (χ4n) is 3.93. The Morgan fingerprint density at radius 3 is 2.52 bits per heavy atom. The van der Waals surface area contributed by atoms with Crippen LogP contribution in [0.5, 0.6) is 0 Å². The summed E-state index contributed by atoms with van der Waals surface area (Å²) in [6.45, 7) is 10.9. The van der Waals surface area contributed by atoms with E-state index in [1.807, 2.05) is 29.2 Å². The molecule has 144 valence electrons. The zero-order valence-electron chi connectivity index (χ0n) is 16.3. The van der Waals surface area contributed by atoms with Crippen molar-refractivity contribution < 1.29 is 9.53 Å². The fourth-order valence-corrected chi connectivity index (χ4v) is 3.93. The summed E-state index contributed by atoms with van der Waals surface area (Å²) < 4.78 is 7.59. The molecule has 0 unspecified atom stereocenters. The van der Waals surface area contributed by atoms with Gasteiger partial charge in [-0.3, -0.25) is 4.79 Å². The minimum Gasteiger partial charge on any atom is -0.378 e. The molecule has 2 aromatic rings. The molecule has 0 spiro atoms. The molecule has 1 saturated heterocycles. The van der Waals surface area contributed by atoms with Crippen molar-refractivity contribution in [3.05, 3.63) is 41.5 Å². The van der Waals surface area contributed by atoms with Crippen molar-refractivity contribution in [1.82, 2.24) is 19.7 Å². The number of rotatable bonds is 3. The summed E-state index contributed by atoms with van der Waals surface area (Å²) in [5.41, 5.74) is 1.86. The number of nitrogens with zero attached hydrogens (tertiary/aromatic N) is 5. The predicted molar refractivity (Wildman–Crippen MR) is 103 cm³/mol.